The molecule has 0 fully saturated rings. The lowest BCUT2D eigenvalue weighted by Crippen LogP contribution is -2.31. The lowest BCUT2D eigenvalue weighted by molar-refractivity contribution is 0.289. The second-order valence-corrected chi connectivity index (χ2v) is 9.43. The van der Waals surface area contributed by atoms with Crippen molar-refractivity contribution in [2.75, 3.05) is 23.1 Å². The summed E-state index contributed by atoms with van der Waals surface area (Å²) in [7, 11) is 0. The molecule has 4 aromatic carbocycles. The third-order valence-corrected chi connectivity index (χ3v) is 7.31. The standard InChI is InChI=1S/C31H30N2O/c1-23(25-13-12-24-16-17-32(20-27(24)18-25)29-8-4-2-5-9-29)26-14-15-31-28(19-26)21-33(22-34-31)30-10-6-3-7-11-30/h2-15,18-19,23H,16-17,20-22H2,1H3. The molecule has 0 aromatic heterocycles. The van der Waals surface area contributed by atoms with E-state index in [-0.39, 0.29) is 0 Å². The average molecular weight is 447 g/mol. The molecular formula is C31H30N2O. The van der Waals surface area contributed by atoms with Crippen LogP contribution in [0.1, 0.15) is 40.7 Å². The van der Waals surface area contributed by atoms with Crippen LogP contribution in [0.3, 0.4) is 0 Å². The maximum Gasteiger partial charge on any atom is 0.161 e. The Morgan fingerprint density at radius 2 is 1.26 bits per heavy atom. The highest BCUT2D eigenvalue weighted by Gasteiger charge is 2.21. The van der Waals surface area contributed by atoms with Gasteiger partial charge in [0.15, 0.2) is 6.73 Å². The van der Waals surface area contributed by atoms with Crippen LogP contribution >= 0.6 is 0 Å². The van der Waals surface area contributed by atoms with Crippen molar-refractivity contribution < 1.29 is 4.74 Å². The van der Waals surface area contributed by atoms with Crippen molar-refractivity contribution in [1.82, 2.24) is 0 Å². The summed E-state index contributed by atoms with van der Waals surface area (Å²) in [5.41, 5.74) is 9.43. The van der Waals surface area contributed by atoms with Crippen molar-refractivity contribution in [3.05, 3.63) is 125 Å². The lowest BCUT2D eigenvalue weighted by Gasteiger charge is -2.32. The zero-order valence-corrected chi connectivity index (χ0v) is 19.7. The fraction of sp³-hybridized carbons (Fsp3) is 0.226. The number of para-hydroxylation sites is 2. The fourth-order valence-electron chi connectivity index (χ4n) is 5.23. The van der Waals surface area contributed by atoms with E-state index >= 15 is 0 Å². The van der Waals surface area contributed by atoms with E-state index in [4.69, 9.17) is 4.74 Å². The Labute approximate surface area is 202 Å². The molecule has 0 N–H and O–H groups in total. The Balaban J connectivity index is 1.24. The normalized spacial score (nSPS) is 15.8. The van der Waals surface area contributed by atoms with Crippen LogP contribution in [0, 0.1) is 0 Å². The molecule has 3 heteroatoms. The molecular weight excluding hydrogens is 416 g/mol. The van der Waals surface area contributed by atoms with Gasteiger partial charge in [0.05, 0.1) is 0 Å². The van der Waals surface area contributed by atoms with Crippen LogP contribution in [0.2, 0.25) is 0 Å². The molecule has 0 bridgehead atoms. The summed E-state index contributed by atoms with van der Waals surface area (Å²) in [5.74, 6) is 1.34. The van der Waals surface area contributed by atoms with E-state index in [1.54, 1.807) is 0 Å². The average Bonchev–Trinajstić information content (AvgIpc) is 2.92. The van der Waals surface area contributed by atoms with Crippen molar-refractivity contribution in [3.8, 4) is 5.75 Å². The molecule has 0 saturated carbocycles. The van der Waals surface area contributed by atoms with E-state index in [2.05, 4.69) is 114 Å². The Morgan fingerprint density at radius 1 is 0.647 bits per heavy atom. The first-order valence-electron chi connectivity index (χ1n) is 12.2. The Bertz CT molecular complexity index is 1180. The predicted molar refractivity (Wildman–Crippen MR) is 140 cm³/mol. The van der Waals surface area contributed by atoms with Gasteiger partial charge in [0.25, 0.3) is 0 Å². The minimum Gasteiger partial charge on any atom is -0.473 e. The molecule has 0 amide bonds. The maximum absolute atomic E-state index is 6.08. The van der Waals surface area contributed by atoms with E-state index in [0.29, 0.717) is 12.6 Å². The van der Waals surface area contributed by atoms with Crippen molar-refractivity contribution in [2.45, 2.75) is 32.4 Å². The summed E-state index contributed by atoms with van der Waals surface area (Å²) < 4.78 is 6.08. The van der Waals surface area contributed by atoms with E-state index < -0.39 is 0 Å². The first-order chi connectivity index (χ1) is 16.7. The minimum atomic E-state index is 0.329. The third kappa shape index (κ3) is 4.03. The van der Waals surface area contributed by atoms with Crippen LogP contribution in [-0.4, -0.2) is 13.3 Å². The van der Waals surface area contributed by atoms with Crippen molar-refractivity contribution >= 4 is 11.4 Å². The lowest BCUT2D eigenvalue weighted by atomic mass is 9.88. The van der Waals surface area contributed by atoms with Gasteiger partial charge in [0.1, 0.15) is 5.75 Å². The molecule has 0 spiro atoms. The van der Waals surface area contributed by atoms with Gasteiger partial charge in [-0.1, -0.05) is 67.6 Å². The minimum absolute atomic E-state index is 0.329. The molecule has 1 unspecified atom stereocenters. The summed E-state index contributed by atoms with van der Waals surface area (Å²) >= 11 is 0. The molecule has 1 atom stereocenters. The van der Waals surface area contributed by atoms with Gasteiger partial charge in [0.2, 0.25) is 0 Å². The number of hydrogen-bond donors (Lipinski definition) is 0. The van der Waals surface area contributed by atoms with Crippen LogP contribution in [-0.2, 0) is 19.5 Å². The summed E-state index contributed by atoms with van der Waals surface area (Å²) in [6, 6.07) is 35.1. The molecule has 4 aromatic rings. The van der Waals surface area contributed by atoms with Crippen LogP contribution < -0.4 is 14.5 Å². The zero-order chi connectivity index (χ0) is 22.9. The Morgan fingerprint density at radius 3 is 2.00 bits per heavy atom. The number of fused-ring (bicyclic) bond motifs is 2. The van der Waals surface area contributed by atoms with Gasteiger partial charge < -0.3 is 14.5 Å². The van der Waals surface area contributed by atoms with Gasteiger partial charge in [0, 0.05) is 42.5 Å². The smallest absolute Gasteiger partial charge is 0.161 e. The van der Waals surface area contributed by atoms with Gasteiger partial charge in [-0.25, -0.2) is 0 Å². The van der Waals surface area contributed by atoms with E-state index in [0.717, 1.165) is 31.8 Å². The Hall–Kier alpha value is -3.72. The molecule has 2 aliphatic rings. The molecule has 2 heterocycles. The highest BCUT2D eigenvalue weighted by atomic mass is 16.5. The molecule has 0 radical (unpaired) electrons. The quantitative estimate of drug-likeness (QED) is 0.344. The summed E-state index contributed by atoms with van der Waals surface area (Å²) in [6.45, 7) is 5.84. The van der Waals surface area contributed by atoms with E-state index in [1.807, 2.05) is 0 Å². The molecule has 0 aliphatic carbocycles. The van der Waals surface area contributed by atoms with E-state index in [9.17, 15) is 0 Å². The number of anilines is 2. The highest BCUT2D eigenvalue weighted by molar-refractivity contribution is 5.53. The van der Waals surface area contributed by atoms with Gasteiger partial charge in [-0.3, -0.25) is 0 Å². The van der Waals surface area contributed by atoms with Gasteiger partial charge in [-0.05, 0) is 65.1 Å². The van der Waals surface area contributed by atoms with Crippen LogP contribution in [0.4, 0.5) is 11.4 Å². The van der Waals surface area contributed by atoms with Gasteiger partial charge >= 0.3 is 0 Å². The van der Waals surface area contributed by atoms with Gasteiger partial charge in [-0.15, -0.1) is 0 Å². The topological polar surface area (TPSA) is 15.7 Å². The fourth-order valence-corrected chi connectivity index (χ4v) is 5.23. The van der Waals surface area contributed by atoms with Crippen molar-refractivity contribution in [2.24, 2.45) is 0 Å². The SMILES string of the molecule is CC(c1ccc2c(c1)CN(c1ccccc1)CC2)c1ccc2c(c1)CN(c1ccccc1)CO2. The van der Waals surface area contributed by atoms with Crippen molar-refractivity contribution in [3.63, 3.8) is 0 Å². The number of ether oxygens (including phenoxy) is 1. The summed E-state index contributed by atoms with van der Waals surface area (Å²) in [5, 5.41) is 0. The largest absolute Gasteiger partial charge is 0.473 e. The third-order valence-electron chi connectivity index (χ3n) is 7.31. The first kappa shape index (κ1) is 20.9. The second-order valence-electron chi connectivity index (χ2n) is 9.43. The van der Waals surface area contributed by atoms with Crippen LogP contribution in [0.15, 0.2) is 97.1 Å². The molecule has 34 heavy (non-hydrogen) atoms. The Kier molecular flexibility index (Phi) is 5.46. The molecule has 170 valence electrons. The molecule has 0 saturated heterocycles. The number of hydrogen-bond acceptors (Lipinski definition) is 3. The number of rotatable bonds is 4. The summed E-state index contributed by atoms with van der Waals surface area (Å²) in [4.78, 5) is 4.78. The van der Waals surface area contributed by atoms with Gasteiger partial charge in [-0.2, -0.15) is 0 Å². The molecule has 3 nitrogen and oxygen atoms in total. The predicted octanol–water partition coefficient (Wildman–Crippen LogP) is 6.76. The maximum atomic E-state index is 6.08. The zero-order valence-electron chi connectivity index (χ0n) is 19.7. The second kappa shape index (κ2) is 8.90. The molecule has 2 aliphatic heterocycles. The van der Waals surface area contributed by atoms with Crippen LogP contribution in [0.5, 0.6) is 5.75 Å². The highest BCUT2D eigenvalue weighted by Crippen LogP contribution is 2.34. The van der Waals surface area contributed by atoms with E-state index in [1.165, 1.54) is 39.2 Å². The molecule has 6 rings (SSSR count). The number of nitrogens with zero attached hydrogens (tertiary/aromatic N) is 2. The summed E-state index contributed by atoms with van der Waals surface area (Å²) in [6.07, 6.45) is 1.10. The monoisotopic (exact) mass is 446 g/mol. The van der Waals surface area contributed by atoms with Crippen LogP contribution in [0.25, 0.3) is 0 Å². The van der Waals surface area contributed by atoms with Crippen molar-refractivity contribution in [1.29, 1.82) is 0 Å². The number of benzene rings is 4. The first-order valence-corrected chi connectivity index (χ1v) is 12.2.